The Kier molecular flexibility index (Phi) is 5.22. The Bertz CT molecular complexity index is 852. The average molecular weight is 343 g/mol. The zero-order valence-corrected chi connectivity index (χ0v) is 15.6. The van der Waals surface area contributed by atoms with Gasteiger partial charge in [0.05, 0.1) is 11.5 Å². The highest BCUT2D eigenvalue weighted by atomic mass is 16.1. The average Bonchev–Trinajstić information content (AvgIpc) is 2.67. The molecule has 1 unspecified atom stereocenters. The van der Waals surface area contributed by atoms with Gasteiger partial charge in [-0.25, -0.2) is 0 Å². The Morgan fingerprint density at radius 1 is 0.808 bits per heavy atom. The first-order chi connectivity index (χ1) is 12.5. The van der Waals surface area contributed by atoms with Gasteiger partial charge < -0.3 is 5.32 Å². The van der Waals surface area contributed by atoms with Crippen molar-refractivity contribution >= 4 is 11.5 Å². The molecule has 2 heteroatoms. The minimum Gasteiger partial charge on any atom is -0.377 e. The third-order valence-electron chi connectivity index (χ3n) is 4.84. The molecule has 0 saturated carbocycles. The van der Waals surface area contributed by atoms with Crippen LogP contribution in [-0.2, 0) is 0 Å². The number of para-hydroxylation sites is 1. The second-order valence-electron chi connectivity index (χ2n) is 7.27. The highest BCUT2D eigenvalue weighted by molar-refractivity contribution is 6.01. The van der Waals surface area contributed by atoms with E-state index in [-0.39, 0.29) is 11.8 Å². The Morgan fingerprint density at radius 2 is 1.35 bits per heavy atom. The first-order valence-corrected chi connectivity index (χ1v) is 8.96. The fraction of sp³-hybridized carbons (Fsp3) is 0.208. The fourth-order valence-electron chi connectivity index (χ4n) is 3.23. The molecule has 0 radical (unpaired) electrons. The predicted octanol–water partition coefficient (Wildman–Crippen LogP) is 6.06. The van der Waals surface area contributed by atoms with Crippen LogP contribution in [0.1, 0.15) is 41.4 Å². The molecule has 0 aliphatic carbocycles. The number of anilines is 1. The topological polar surface area (TPSA) is 29.1 Å². The van der Waals surface area contributed by atoms with Gasteiger partial charge in [0.2, 0.25) is 0 Å². The molecule has 3 aromatic carbocycles. The summed E-state index contributed by atoms with van der Waals surface area (Å²) < 4.78 is 0. The van der Waals surface area contributed by atoms with Crippen molar-refractivity contribution < 1.29 is 4.79 Å². The smallest absolute Gasteiger partial charge is 0.170 e. The van der Waals surface area contributed by atoms with E-state index in [9.17, 15) is 4.79 Å². The molecule has 26 heavy (non-hydrogen) atoms. The fourth-order valence-corrected chi connectivity index (χ4v) is 3.23. The first-order valence-electron chi connectivity index (χ1n) is 8.96. The lowest BCUT2D eigenvalue weighted by molar-refractivity contribution is 0.0811. The van der Waals surface area contributed by atoms with E-state index in [0.29, 0.717) is 0 Å². The predicted molar refractivity (Wildman–Crippen MR) is 109 cm³/mol. The van der Waals surface area contributed by atoms with Crippen LogP contribution in [0, 0.1) is 12.3 Å². The molecule has 3 aromatic rings. The molecule has 0 aliphatic heterocycles. The van der Waals surface area contributed by atoms with Gasteiger partial charge in [-0.15, -0.1) is 0 Å². The molecule has 0 heterocycles. The zero-order valence-electron chi connectivity index (χ0n) is 15.6. The van der Waals surface area contributed by atoms with E-state index >= 15 is 0 Å². The van der Waals surface area contributed by atoms with Gasteiger partial charge >= 0.3 is 0 Å². The molecule has 0 amide bonds. The number of hydrogen-bond donors (Lipinski definition) is 1. The Balaban J connectivity index is 1.99. The SMILES string of the molecule is Cc1ccc(C(=O)C(C)(C)C(Nc2ccccc2)c2ccccc2)cc1. The molecule has 0 bridgehead atoms. The van der Waals surface area contributed by atoms with Crippen LogP contribution in [0.4, 0.5) is 5.69 Å². The summed E-state index contributed by atoms with van der Waals surface area (Å²) >= 11 is 0. The normalized spacial score (nSPS) is 12.4. The van der Waals surface area contributed by atoms with Crippen LogP contribution in [0.15, 0.2) is 84.9 Å². The summed E-state index contributed by atoms with van der Waals surface area (Å²) in [5.41, 5.74) is 3.39. The summed E-state index contributed by atoms with van der Waals surface area (Å²) in [5.74, 6) is 0.134. The maximum absolute atomic E-state index is 13.3. The molecule has 0 aromatic heterocycles. The second kappa shape index (κ2) is 7.57. The molecule has 0 saturated heterocycles. The van der Waals surface area contributed by atoms with Gasteiger partial charge in [-0.3, -0.25) is 4.79 Å². The number of hydrogen-bond acceptors (Lipinski definition) is 2. The zero-order chi connectivity index (χ0) is 18.6. The molecule has 132 valence electrons. The maximum Gasteiger partial charge on any atom is 0.170 e. The van der Waals surface area contributed by atoms with Gasteiger partial charge in [0.25, 0.3) is 0 Å². The number of carbonyl (C=O) groups excluding carboxylic acids is 1. The lowest BCUT2D eigenvalue weighted by atomic mass is 9.74. The van der Waals surface area contributed by atoms with Gasteiger partial charge in [0.15, 0.2) is 5.78 Å². The summed E-state index contributed by atoms with van der Waals surface area (Å²) in [7, 11) is 0. The van der Waals surface area contributed by atoms with Crippen molar-refractivity contribution in [1.82, 2.24) is 0 Å². The van der Waals surface area contributed by atoms with Crippen LogP contribution in [0.2, 0.25) is 0 Å². The van der Waals surface area contributed by atoms with Crippen LogP contribution in [0.25, 0.3) is 0 Å². The van der Waals surface area contributed by atoms with Gasteiger partial charge in [0, 0.05) is 11.3 Å². The van der Waals surface area contributed by atoms with Crippen molar-refractivity contribution in [3.63, 3.8) is 0 Å². The Morgan fingerprint density at radius 3 is 1.92 bits per heavy atom. The number of nitrogens with one attached hydrogen (secondary N) is 1. The minimum absolute atomic E-state index is 0.134. The third kappa shape index (κ3) is 3.85. The van der Waals surface area contributed by atoms with Crippen LogP contribution in [0.5, 0.6) is 0 Å². The molecular formula is C24H25NO. The van der Waals surface area contributed by atoms with Crippen LogP contribution in [-0.4, -0.2) is 5.78 Å². The quantitative estimate of drug-likeness (QED) is 0.551. The maximum atomic E-state index is 13.3. The number of Topliss-reactive ketones (excluding diaryl/α,β-unsaturated/α-hetero) is 1. The van der Waals surface area contributed by atoms with Crippen molar-refractivity contribution in [3.05, 3.63) is 102 Å². The number of benzene rings is 3. The van der Waals surface area contributed by atoms with E-state index in [0.717, 1.165) is 22.4 Å². The summed E-state index contributed by atoms with van der Waals surface area (Å²) in [6.07, 6.45) is 0. The second-order valence-corrected chi connectivity index (χ2v) is 7.27. The number of carbonyl (C=O) groups is 1. The lowest BCUT2D eigenvalue weighted by Gasteiger charge is -2.35. The molecule has 1 atom stereocenters. The number of rotatable bonds is 6. The number of aryl methyl sites for hydroxylation is 1. The highest BCUT2D eigenvalue weighted by Crippen LogP contribution is 2.39. The standard InChI is InChI=1S/C24H25NO/c1-18-14-16-20(17-15-18)23(26)24(2,3)22(19-10-6-4-7-11-19)25-21-12-8-5-9-13-21/h4-17,22,25H,1-3H3. The van der Waals surface area contributed by atoms with E-state index in [1.54, 1.807) is 0 Å². The van der Waals surface area contributed by atoms with Crippen LogP contribution >= 0.6 is 0 Å². The van der Waals surface area contributed by atoms with E-state index in [2.05, 4.69) is 17.4 Å². The van der Waals surface area contributed by atoms with Gasteiger partial charge in [-0.1, -0.05) is 92.2 Å². The summed E-state index contributed by atoms with van der Waals surface area (Å²) in [4.78, 5) is 13.3. The van der Waals surface area contributed by atoms with Gasteiger partial charge in [0.1, 0.15) is 0 Å². The summed E-state index contributed by atoms with van der Waals surface area (Å²) in [6, 6.07) is 27.9. The minimum atomic E-state index is -0.619. The Hall–Kier alpha value is -2.87. The largest absolute Gasteiger partial charge is 0.377 e. The molecular weight excluding hydrogens is 318 g/mol. The molecule has 3 rings (SSSR count). The van der Waals surface area contributed by atoms with Crippen molar-refractivity contribution in [3.8, 4) is 0 Å². The van der Waals surface area contributed by atoms with E-state index in [1.165, 1.54) is 0 Å². The van der Waals surface area contributed by atoms with E-state index < -0.39 is 5.41 Å². The number of ketones is 1. The van der Waals surface area contributed by atoms with Gasteiger partial charge in [-0.2, -0.15) is 0 Å². The summed E-state index contributed by atoms with van der Waals surface area (Å²) in [5, 5.41) is 3.58. The highest BCUT2D eigenvalue weighted by Gasteiger charge is 2.38. The molecule has 2 nitrogen and oxygen atoms in total. The molecule has 0 spiro atoms. The molecule has 0 aliphatic rings. The third-order valence-corrected chi connectivity index (χ3v) is 4.84. The van der Waals surface area contributed by atoms with Crippen LogP contribution in [0.3, 0.4) is 0 Å². The van der Waals surface area contributed by atoms with Crippen molar-refractivity contribution in [2.24, 2.45) is 5.41 Å². The van der Waals surface area contributed by atoms with E-state index in [4.69, 9.17) is 0 Å². The monoisotopic (exact) mass is 343 g/mol. The summed E-state index contributed by atoms with van der Waals surface area (Å²) in [6.45, 7) is 6.06. The molecule has 0 fully saturated rings. The Labute approximate surface area is 155 Å². The van der Waals surface area contributed by atoms with Crippen molar-refractivity contribution in [2.45, 2.75) is 26.8 Å². The first kappa shape index (κ1) is 17.9. The van der Waals surface area contributed by atoms with E-state index in [1.807, 2.05) is 93.6 Å². The van der Waals surface area contributed by atoms with Gasteiger partial charge in [-0.05, 0) is 24.6 Å². The van der Waals surface area contributed by atoms with Crippen molar-refractivity contribution in [1.29, 1.82) is 0 Å². The van der Waals surface area contributed by atoms with Crippen LogP contribution < -0.4 is 5.32 Å². The lowest BCUT2D eigenvalue weighted by Crippen LogP contribution is -2.36. The molecule has 1 N–H and O–H groups in total. The van der Waals surface area contributed by atoms with Crippen molar-refractivity contribution in [2.75, 3.05) is 5.32 Å².